The van der Waals surface area contributed by atoms with Crippen LogP contribution >= 0.6 is 23.4 Å². The van der Waals surface area contributed by atoms with Crippen molar-refractivity contribution in [3.8, 4) is 0 Å². The van der Waals surface area contributed by atoms with Crippen molar-refractivity contribution in [1.82, 2.24) is 15.1 Å². The standard InChI is InChI=1S/C9H14ClN3S/c1-13(2)6-3-7-14-9-5-4-8(10)11-12-9/h4-5H,3,6-7H2,1-2H3. The molecular formula is C9H14ClN3S. The van der Waals surface area contributed by atoms with Gasteiger partial charge in [0.25, 0.3) is 0 Å². The van der Waals surface area contributed by atoms with Gasteiger partial charge >= 0.3 is 0 Å². The quantitative estimate of drug-likeness (QED) is 0.574. The van der Waals surface area contributed by atoms with Crippen molar-refractivity contribution in [2.75, 3.05) is 26.4 Å². The van der Waals surface area contributed by atoms with Crippen molar-refractivity contribution < 1.29 is 0 Å². The van der Waals surface area contributed by atoms with Crippen molar-refractivity contribution in [2.45, 2.75) is 11.4 Å². The van der Waals surface area contributed by atoms with Gasteiger partial charge in [-0.15, -0.1) is 22.0 Å². The fourth-order valence-electron chi connectivity index (χ4n) is 0.938. The highest BCUT2D eigenvalue weighted by atomic mass is 35.5. The second kappa shape index (κ2) is 6.22. The molecule has 0 aliphatic heterocycles. The van der Waals surface area contributed by atoms with Gasteiger partial charge in [0.2, 0.25) is 0 Å². The molecule has 0 N–H and O–H groups in total. The smallest absolute Gasteiger partial charge is 0.151 e. The molecule has 3 nitrogen and oxygen atoms in total. The largest absolute Gasteiger partial charge is 0.309 e. The van der Waals surface area contributed by atoms with Gasteiger partial charge < -0.3 is 4.90 Å². The van der Waals surface area contributed by atoms with Crippen molar-refractivity contribution in [1.29, 1.82) is 0 Å². The monoisotopic (exact) mass is 231 g/mol. The Kier molecular flexibility index (Phi) is 5.22. The van der Waals surface area contributed by atoms with E-state index in [2.05, 4.69) is 29.2 Å². The zero-order chi connectivity index (χ0) is 10.4. The molecule has 1 aromatic heterocycles. The molecule has 1 rings (SSSR count). The molecule has 0 saturated carbocycles. The number of thioether (sulfide) groups is 1. The molecule has 0 unspecified atom stereocenters. The third-order valence-electron chi connectivity index (χ3n) is 1.61. The summed E-state index contributed by atoms with van der Waals surface area (Å²) in [5, 5.41) is 9.12. The Morgan fingerprint density at radius 2 is 2.14 bits per heavy atom. The van der Waals surface area contributed by atoms with E-state index in [-0.39, 0.29) is 0 Å². The summed E-state index contributed by atoms with van der Waals surface area (Å²) in [6, 6.07) is 3.67. The van der Waals surface area contributed by atoms with E-state index < -0.39 is 0 Å². The summed E-state index contributed by atoms with van der Waals surface area (Å²) < 4.78 is 0. The average molecular weight is 232 g/mol. The molecule has 0 atom stereocenters. The molecule has 0 spiro atoms. The maximum atomic E-state index is 5.63. The predicted octanol–water partition coefficient (Wildman–Crippen LogP) is 2.17. The van der Waals surface area contributed by atoms with Crippen LogP contribution in [0.25, 0.3) is 0 Å². The Labute approximate surface area is 93.9 Å². The number of nitrogens with zero attached hydrogens (tertiary/aromatic N) is 3. The van der Waals surface area contributed by atoms with E-state index in [4.69, 9.17) is 11.6 Å². The summed E-state index contributed by atoms with van der Waals surface area (Å²) in [5.74, 6) is 1.06. The second-order valence-electron chi connectivity index (χ2n) is 3.20. The Hall–Kier alpha value is -0.320. The first-order chi connectivity index (χ1) is 6.68. The van der Waals surface area contributed by atoms with Crippen LogP contribution in [0.15, 0.2) is 17.2 Å². The number of halogens is 1. The second-order valence-corrected chi connectivity index (χ2v) is 4.70. The van der Waals surface area contributed by atoms with E-state index in [1.165, 1.54) is 0 Å². The van der Waals surface area contributed by atoms with E-state index in [1.807, 2.05) is 6.07 Å². The topological polar surface area (TPSA) is 29.0 Å². The molecule has 14 heavy (non-hydrogen) atoms. The minimum atomic E-state index is 0.447. The van der Waals surface area contributed by atoms with Crippen LogP contribution in [0.5, 0.6) is 0 Å². The maximum absolute atomic E-state index is 5.63. The SMILES string of the molecule is CN(C)CCCSc1ccc(Cl)nn1. The summed E-state index contributed by atoms with van der Waals surface area (Å²) in [7, 11) is 4.15. The van der Waals surface area contributed by atoms with Crippen LogP contribution in [0.1, 0.15) is 6.42 Å². The van der Waals surface area contributed by atoms with Gasteiger partial charge in [-0.25, -0.2) is 0 Å². The molecule has 0 bridgehead atoms. The van der Waals surface area contributed by atoms with E-state index in [1.54, 1.807) is 17.8 Å². The Morgan fingerprint density at radius 1 is 1.36 bits per heavy atom. The fraction of sp³-hybridized carbons (Fsp3) is 0.556. The average Bonchev–Trinajstić information content (AvgIpc) is 2.15. The number of hydrogen-bond acceptors (Lipinski definition) is 4. The van der Waals surface area contributed by atoms with Crippen LogP contribution in [0, 0.1) is 0 Å². The zero-order valence-corrected chi connectivity index (χ0v) is 9.98. The molecule has 0 aliphatic carbocycles. The van der Waals surface area contributed by atoms with Crippen molar-refractivity contribution >= 4 is 23.4 Å². The fourth-order valence-corrected chi connectivity index (χ4v) is 1.78. The van der Waals surface area contributed by atoms with Crippen LogP contribution in [-0.2, 0) is 0 Å². The summed E-state index contributed by atoms with van der Waals surface area (Å²) in [5.41, 5.74) is 0. The summed E-state index contributed by atoms with van der Waals surface area (Å²) in [6.07, 6.45) is 1.15. The number of aromatic nitrogens is 2. The summed E-state index contributed by atoms with van der Waals surface area (Å²) >= 11 is 7.34. The molecule has 5 heteroatoms. The van der Waals surface area contributed by atoms with Gasteiger partial charge in [0, 0.05) is 5.75 Å². The number of hydrogen-bond donors (Lipinski definition) is 0. The minimum absolute atomic E-state index is 0.447. The maximum Gasteiger partial charge on any atom is 0.151 e. The zero-order valence-electron chi connectivity index (χ0n) is 8.40. The van der Waals surface area contributed by atoms with Crippen LogP contribution < -0.4 is 0 Å². The summed E-state index contributed by atoms with van der Waals surface area (Å²) in [6.45, 7) is 1.11. The van der Waals surface area contributed by atoms with Crippen molar-refractivity contribution in [2.24, 2.45) is 0 Å². The molecule has 1 heterocycles. The van der Waals surface area contributed by atoms with Gasteiger partial charge in [-0.3, -0.25) is 0 Å². The Balaban J connectivity index is 2.21. The summed E-state index contributed by atoms with van der Waals surface area (Å²) in [4.78, 5) is 2.17. The highest BCUT2D eigenvalue weighted by Gasteiger charge is 1.97. The van der Waals surface area contributed by atoms with Crippen molar-refractivity contribution in [3.05, 3.63) is 17.3 Å². The Bertz CT molecular complexity index is 263. The Morgan fingerprint density at radius 3 is 2.71 bits per heavy atom. The molecule has 0 aliphatic rings. The van der Waals surface area contributed by atoms with Crippen LogP contribution in [0.3, 0.4) is 0 Å². The van der Waals surface area contributed by atoms with Gasteiger partial charge in [-0.2, -0.15) is 0 Å². The lowest BCUT2D eigenvalue weighted by Gasteiger charge is -2.07. The molecular weight excluding hydrogens is 218 g/mol. The molecule has 1 aromatic rings. The minimum Gasteiger partial charge on any atom is -0.309 e. The lowest BCUT2D eigenvalue weighted by atomic mass is 10.5. The molecule has 0 amide bonds. The lowest BCUT2D eigenvalue weighted by molar-refractivity contribution is 0.410. The molecule has 78 valence electrons. The third-order valence-corrected chi connectivity index (χ3v) is 2.82. The van der Waals surface area contributed by atoms with Gasteiger partial charge in [0.15, 0.2) is 5.15 Å². The van der Waals surface area contributed by atoms with E-state index in [0.29, 0.717) is 5.15 Å². The normalized spacial score (nSPS) is 10.9. The van der Waals surface area contributed by atoms with Gasteiger partial charge in [0.1, 0.15) is 5.03 Å². The van der Waals surface area contributed by atoms with E-state index in [9.17, 15) is 0 Å². The van der Waals surface area contributed by atoms with Crippen molar-refractivity contribution in [3.63, 3.8) is 0 Å². The lowest BCUT2D eigenvalue weighted by Crippen LogP contribution is -2.13. The van der Waals surface area contributed by atoms with E-state index in [0.717, 1.165) is 23.7 Å². The first-order valence-electron chi connectivity index (χ1n) is 4.45. The predicted molar refractivity (Wildman–Crippen MR) is 60.9 cm³/mol. The third kappa shape index (κ3) is 4.79. The van der Waals surface area contributed by atoms with Crippen LogP contribution in [-0.4, -0.2) is 41.5 Å². The molecule has 0 radical (unpaired) electrons. The van der Waals surface area contributed by atoms with Gasteiger partial charge in [-0.05, 0) is 39.2 Å². The van der Waals surface area contributed by atoms with E-state index >= 15 is 0 Å². The molecule has 0 saturated heterocycles. The van der Waals surface area contributed by atoms with Gasteiger partial charge in [-0.1, -0.05) is 11.6 Å². The molecule has 0 fully saturated rings. The molecule has 0 aromatic carbocycles. The number of rotatable bonds is 5. The van der Waals surface area contributed by atoms with Gasteiger partial charge in [0.05, 0.1) is 0 Å². The first-order valence-corrected chi connectivity index (χ1v) is 5.81. The highest BCUT2D eigenvalue weighted by molar-refractivity contribution is 7.99. The first kappa shape index (κ1) is 11.8. The highest BCUT2D eigenvalue weighted by Crippen LogP contribution is 2.16. The van der Waals surface area contributed by atoms with Crippen LogP contribution in [0.4, 0.5) is 0 Å². The van der Waals surface area contributed by atoms with Crippen LogP contribution in [0.2, 0.25) is 5.15 Å².